The second-order valence-corrected chi connectivity index (χ2v) is 9.24. The molecule has 2 heteroatoms. The normalized spacial score (nSPS) is 19.8. The maximum absolute atomic E-state index is 14.7. The third kappa shape index (κ3) is 5.81. The van der Waals surface area contributed by atoms with Crippen molar-refractivity contribution in [3.8, 4) is 0 Å². The van der Waals surface area contributed by atoms with Crippen LogP contribution in [0.4, 0.5) is 8.78 Å². The van der Waals surface area contributed by atoms with Crippen LogP contribution in [0.25, 0.3) is 0 Å². The first kappa shape index (κ1) is 21.7. The number of hydrogen-bond donors (Lipinski definition) is 0. The Morgan fingerprint density at radius 2 is 1.52 bits per heavy atom. The molecule has 0 aromatic heterocycles. The summed E-state index contributed by atoms with van der Waals surface area (Å²) in [6, 6.07) is 23.1. The van der Waals surface area contributed by atoms with Gasteiger partial charge in [-0.3, -0.25) is 0 Å². The van der Waals surface area contributed by atoms with Crippen molar-refractivity contribution in [1.82, 2.24) is 0 Å². The van der Waals surface area contributed by atoms with E-state index < -0.39 is 0 Å². The van der Waals surface area contributed by atoms with Gasteiger partial charge in [0.15, 0.2) is 0 Å². The fraction of sp³-hybridized carbons (Fsp3) is 0.379. The molecule has 0 amide bonds. The highest BCUT2D eigenvalue weighted by Crippen LogP contribution is 2.40. The van der Waals surface area contributed by atoms with Gasteiger partial charge in [-0.1, -0.05) is 61.5 Å². The van der Waals surface area contributed by atoms with Crippen molar-refractivity contribution in [3.05, 3.63) is 107 Å². The van der Waals surface area contributed by atoms with E-state index in [1.807, 2.05) is 6.07 Å². The van der Waals surface area contributed by atoms with Crippen LogP contribution in [0.2, 0.25) is 0 Å². The quantitative estimate of drug-likeness (QED) is 0.362. The minimum atomic E-state index is -0.233. The highest BCUT2D eigenvalue weighted by molar-refractivity contribution is 5.29. The number of rotatable bonds is 7. The van der Waals surface area contributed by atoms with E-state index >= 15 is 0 Å². The Labute approximate surface area is 185 Å². The summed E-state index contributed by atoms with van der Waals surface area (Å²) in [4.78, 5) is 0. The second-order valence-electron chi connectivity index (χ2n) is 9.24. The Balaban J connectivity index is 1.29. The van der Waals surface area contributed by atoms with Crippen molar-refractivity contribution < 1.29 is 8.78 Å². The van der Waals surface area contributed by atoms with E-state index in [9.17, 15) is 8.78 Å². The minimum Gasteiger partial charge on any atom is -0.207 e. The van der Waals surface area contributed by atoms with Gasteiger partial charge in [0.2, 0.25) is 0 Å². The molecular weight excluding hydrogens is 386 g/mol. The highest BCUT2D eigenvalue weighted by Gasteiger charge is 2.24. The van der Waals surface area contributed by atoms with Crippen LogP contribution in [0.3, 0.4) is 0 Å². The first-order chi connectivity index (χ1) is 15.1. The number of hydrogen-bond acceptors (Lipinski definition) is 0. The summed E-state index contributed by atoms with van der Waals surface area (Å²) < 4.78 is 27.8. The lowest BCUT2D eigenvalue weighted by molar-refractivity contribution is 0.297. The van der Waals surface area contributed by atoms with E-state index in [2.05, 4.69) is 43.3 Å². The lowest BCUT2D eigenvalue weighted by Gasteiger charge is -2.30. The predicted molar refractivity (Wildman–Crippen MR) is 124 cm³/mol. The fourth-order valence-electron chi connectivity index (χ4n) is 5.10. The molecular formula is C29H32F2. The number of benzene rings is 3. The minimum absolute atomic E-state index is 0.0977. The molecule has 0 bridgehead atoms. The monoisotopic (exact) mass is 418 g/mol. The molecule has 3 aromatic carbocycles. The molecule has 1 atom stereocenters. The summed E-state index contributed by atoms with van der Waals surface area (Å²) in [6.45, 7) is 2.33. The first-order valence-corrected chi connectivity index (χ1v) is 11.7. The van der Waals surface area contributed by atoms with Gasteiger partial charge in [-0.15, -0.1) is 0 Å². The number of aryl methyl sites for hydroxylation is 2. The zero-order chi connectivity index (χ0) is 21.6. The predicted octanol–water partition coefficient (Wildman–Crippen LogP) is 8.22. The van der Waals surface area contributed by atoms with Crippen molar-refractivity contribution in [2.75, 3.05) is 0 Å². The average molecular weight is 419 g/mol. The van der Waals surface area contributed by atoms with Crippen LogP contribution in [0.1, 0.15) is 73.1 Å². The molecule has 0 aliphatic heterocycles. The largest absolute Gasteiger partial charge is 0.207 e. The molecule has 3 aromatic rings. The highest BCUT2D eigenvalue weighted by atomic mass is 19.1. The van der Waals surface area contributed by atoms with Gasteiger partial charge in [0, 0.05) is 0 Å². The van der Waals surface area contributed by atoms with Crippen LogP contribution in [-0.2, 0) is 12.8 Å². The molecule has 0 spiro atoms. The smallest absolute Gasteiger partial charge is 0.126 e. The van der Waals surface area contributed by atoms with Gasteiger partial charge in [0.05, 0.1) is 0 Å². The first-order valence-electron chi connectivity index (χ1n) is 11.7. The standard InChI is InChI=1S/C29H32F2/c1-21(24-5-3-2-4-6-24)19-23-8-12-25(13-9-23)27-16-15-26(29(31)20-27)14-7-22-10-17-28(30)18-11-22/h2-6,10-11,15-18,20-21,23,25H,7-9,12-14,19H2,1H3/t21-,23?,25?/m0/s1. The summed E-state index contributed by atoms with van der Waals surface area (Å²) in [5.41, 5.74) is 4.37. The molecule has 0 radical (unpaired) electrons. The summed E-state index contributed by atoms with van der Waals surface area (Å²) in [5.74, 6) is 1.51. The molecule has 0 saturated heterocycles. The molecule has 1 aliphatic rings. The molecule has 0 unspecified atom stereocenters. The van der Waals surface area contributed by atoms with E-state index in [4.69, 9.17) is 0 Å². The van der Waals surface area contributed by atoms with E-state index in [-0.39, 0.29) is 11.6 Å². The Bertz CT molecular complexity index is 954. The Kier molecular flexibility index (Phi) is 7.17. The zero-order valence-corrected chi connectivity index (χ0v) is 18.4. The van der Waals surface area contributed by atoms with Crippen molar-refractivity contribution in [1.29, 1.82) is 0 Å². The van der Waals surface area contributed by atoms with Gasteiger partial charge >= 0.3 is 0 Å². The van der Waals surface area contributed by atoms with Crippen molar-refractivity contribution in [2.24, 2.45) is 5.92 Å². The Hall–Kier alpha value is -2.48. The molecule has 1 aliphatic carbocycles. The van der Waals surface area contributed by atoms with Gasteiger partial charge in [-0.05, 0) is 103 Å². The van der Waals surface area contributed by atoms with Crippen LogP contribution < -0.4 is 0 Å². The van der Waals surface area contributed by atoms with E-state index in [0.717, 1.165) is 41.9 Å². The fourth-order valence-corrected chi connectivity index (χ4v) is 5.10. The van der Waals surface area contributed by atoms with Crippen molar-refractivity contribution >= 4 is 0 Å². The molecule has 4 rings (SSSR count). The summed E-state index contributed by atoms with van der Waals surface area (Å²) in [5, 5.41) is 0. The third-order valence-electron chi connectivity index (χ3n) is 7.05. The number of halogens is 2. The van der Waals surface area contributed by atoms with Crippen LogP contribution in [0, 0.1) is 17.6 Å². The maximum atomic E-state index is 14.7. The van der Waals surface area contributed by atoms with E-state index in [0.29, 0.717) is 18.3 Å². The van der Waals surface area contributed by atoms with Crippen molar-refractivity contribution in [3.63, 3.8) is 0 Å². The van der Waals surface area contributed by atoms with Crippen LogP contribution in [0.5, 0.6) is 0 Å². The summed E-state index contributed by atoms with van der Waals surface area (Å²) in [7, 11) is 0. The molecule has 0 N–H and O–H groups in total. The topological polar surface area (TPSA) is 0 Å². The van der Waals surface area contributed by atoms with Crippen LogP contribution in [-0.4, -0.2) is 0 Å². The Morgan fingerprint density at radius 3 is 2.19 bits per heavy atom. The molecule has 162 valence electrons. The van der Waals surface area contributed by atoms with Crippen molar-refractivity contribution in [2.45, 2.75) is 63.7 Å². The van der Waals surface area contributed by atoms with Gasteiger partial charge in [0.25, 0.3) is 0 Å². The van der Waals surface area contributed by atoms with E-state index in [1.165, 1.54) is 37.0 Å². The average Bonchev–Trinajstić information content (AvgIpc) is 2.80. The maximum Gasteiger partial charge on any atom is 0.126 e. The lowest BCUT2D eigenvalue weighted by atomic mass is 9.75. The van der Waals surface area contributed by atoms with Gasteiger partial charge in [0.1, 0.15) is 11.6 Å². The lowest BCUT2D eigenvalue weighted by Crippen LogP contribution is -2.15. The zero-order valence-electron chi connectivity index (χ0n) is 18.4. The molecule has 1 fully saturated rings. The second kappa shape index (κ2) is 10.2. The Morgan fingerprint density at radius 1 is 0.806 bits per heavy atom. The van der Waals surface area contributed by atoms with E-state index in [1.54, 1.807) is 18.2 Å². The van der Waals surface area contributed by atoms with Gasteiger partial charge in [-0.2, -0.15) is 0 Å². The summed E-state index contributed by atoms with van der Waals surface area (Å²) >= 11 is 0. The van der Waals surface area contributed by atoms with Crippen LogP contribution >= 0.6 is 0 Å². The summed E-state index contributed by atoms with van der Waals surface area (Å²) in [6.07, 6.45) is 7.38. The van der Waals surface area contributed by atoms with Gasteiger partial charge < -0.3 is 0 Å². The third-order valence-corrected chi connectivity index (χ3v) is 7.05. The molecule has 31 heavy (non-hydrogen) atoms. The van der Waals surface area contributed by atoms with Gasteiger partial charge in [-0.25, -0.2) is 8.78 Å². The molecule has 0 heterocycles. The SMILES string of the molecule is C[C@@H](CC1CCC(c2ccc(CCc3ccc(F)cc3)c(F)c2)CC1)c1ccccc1. The molecule has 0 nitrogen and oxygen atoms in total. The van der Waals surface area contributed by atoms with Crippen LogP contribution in [0.15, 0.2) is 72.8 Å². The molecule has 1 saturated carbocycles.